The molecule has 1 aromatic carbocycles. The van der Waals surface area contributed by atoms with Gasteiger partial charge in [0.05, 0.1) is 34.0 Å². The van der Waals surface area contributed by atoms with E-state index in [1.165, 1.54) is 13.3 Å². The lowest BCUT2D eigenvalue weighted by Crippen LogP contribution is -2.06. The number of carbonyl (C=O) groups is 1. The summed E-state index contributed by atoms with van der Waals surface area (Å²) in [6.45, 7) is 1.65. The van der Waals surface area contributed by atoms with Gasteiger partial charge in [0.25, 0.3) is 0 Å². The number of hydrogen-bond donors (Lipinski definition) is 1. The number of alkyl halides is 3. The van der Waals surface area contributed by atoms with Crippen molar-refractivity contribution < 1.29 is 22.7 Å². The Morgan fingerprint density at radius 3 is 2.23 bits per heavy atom. The van der Waals surface area contributed by atoms with Crippen molar-refractivity contribution in [1.82, 2.24) is 4.98 Å². The number of hydrogen-bond acceptors (Lipinski definition) is 2. The number of halogens is 5. The van der Waals surface area contributed by atoms with E-state index >= 15 is 0 Å². The minimum atomic E-state index is -4.57. The van der Waals surface area contributed by atoms with Gasteiger partial charge in [0.1, 0.15) is 0 Å². The average molecular weight is 352 g/mol. The number of methoxy groups -OCH3 is 1. The van der Waals surface area contributed by atoms with E-state index in [0.29, 0.717) is 5.56 Å². The molecule has 22 heavy (non-hydrogen) atoms. The van der Waals surface area contributed by atoms with Crippen molar-refractivity contribution in [1.29, 1.82) is 0 Å². The summed E-state index contributed by atoms with van der Waals surface area (Å²) in [5.74, 6) is -0.638. The van der Waals surface area contributed by atoms with E-state index in [1.807, 2.05) is 0 Å². The molecule has 1 aromatic heterocycles. The molecule has 118 valence electrons. The Morgan fingerprint density at radius 2 is 1.77 bits per heavy atom. The Kier molecular flexibility index (Phi) is 4.44. The molecule has 0 spiro atoms. The molecule has 0 fully saturated rings. The normalized spacial score (nSPS) is 11.6. The first-order valence-corrected chi connectivity index (χ1v) is 6.75. The quantitative estimate of drug-likeness (QED) is 0.764. The van der Waals surface area contributed by atoms with E-state index < -0.39 is 17.7 Å². The third kappa shape index (κ3) is 2.94. The van der Waals surface area contributed by atoms with Crippen molar-refractivity contribution in [2.45, 2.75) is 13.1 Å². The fraction of sp³-hybridized carbons (Fsp3) is 0.214. The number of aromatic nitrogens is 1. The molecule has 0 amide bonds. The van der Waals surface area contributed by atoms with Crippen LogP contribution in [0, 0.1) is 6.92 Å². The zero-order valence-electron chi connectivity index (χ0n) is 11.4. The molecule has 0 atom stereocenters. The van der Waals surface area contributed by atoms with E-state index in [-0.39, 0.29) is 26.9 Å². The van der Waals surface area contributed by atoms with Crippen LogP contribution < -0.4 is 0 Å². The summed E-state index contributed by atoms with van der Waals surface area (Å²) < 4.78 is 42.9. The van der Waals surface area contributed by atoms with Gasteiger partial charge in [-0.05, 0) is 24.6 Å². The Morgan fingerprint density at radius 1 is 1.23 bits per heavy atom. The zero-order chi connectivity index (χ0) is 16.7. The highest BCUT2D eigenvalue weighted by Crippen LogP contribution is 2.41. The molecular formula is C14H10Cl2F3NO2. The van der Waals surface area contributed by atoms with Gasteiger partial charge in [-0.1, -0.05) is 23.2 Å². The maximum absolute atomic E-state index is 12.7. The van der Waals surface area contributed by atoms with Crippen molar-refractivity contribution in [3.05, 3.63) is 45.1 Å². The second kappa shape index (κ2) is 5.85. The summed E-state index contributed by atoms with van der Waals surface area (Å²) >= 11 is 11.9. The van der Waals surface area contributed by atoms with Gasteiger partial charge in [-0.25, -0.2) is 4.79 Å². The number of benzene rings is 1. The van der Waals surface area contributed by atoms with Crippen LogP contribution in [0.3, 0.4) is 0 Å². The predicted molar refractivity (Wildman–Crippen MR) is 77.3 cm³/mol. The fourth-order valence-electron chi connectivity index (χ4n) is 2.06. The summed E-state index contributed by atoms with van der Waals surface area (Å²) in [4.78, 5) is 14.6. The number of aryl methyl sites for hydroxylation is 1. The van der Waals surface area contributed by atoms with E-state index in [0.717, 1.165) is 12.1 Å². The second-order valence-corrected chi connectivity index (χ2v) is 5.34. The molecule has 0 saturated carbocycles. The Bertz CT molecular complexity index is 715. The van der Waals surface area contributed by atoms with Crippen molar-refractivity contribution in [2.24, 2.45) is 0 Å². The predicted octanol–water partition coefficient (Wildman–Crippen LogP) is 5.10. The minimum absolute atomic E-state index is 0.116. The third-order valence-electron chi connectivity index (χ3n) is 3.09. The largest absolute Gasteiger partial charge is 0.465 e. The van der Waals surface area contributed by atoms with Gasteiger partial charge >= 0.3 is 12.1 Å². The smallest absolute Gasteiger partial charge is 0.416 e. The summed E-state index contributed by atoms with van der Waals surface area (Å²) in [5, 5.41) is -0.432. The molecule has 8 heteroatoms. The third-order valence-corrected chi connectivity index (χ3v) is 3.68. The number of H-pyrrole nitrogens is 1. The Hall–Kier alpha value is -1.66. The molecule has 1 N–H and O–H groups in total. The van der Waals surface area contributed by atoms with E-state index in [1.54, 1.807) is 6.92 Å². The van der Waals surface area contributed by atoms with Crippen LogP contribution in [0.25, 0.3) is 11.3 Å². The molecule has 0 bridgehead atoms. The van der Waals surface area contributed by atoms with Crippen LogP contribution in [0.4, 0.5) is 13.2 Å². The molecule has 0 radical (unpaired) electrons. The van der Waals surface area contributed by atoms with Gasteiger partial charge in [-0.15, -0.1) is 0 Å². The number of carbonyl (C=O) groups excluding carboxylic acids is 1. The van der Waals surface area contributed by atoms with Gasteiger partial charge < -0.3 is 9.72 Å². The first-order valence-electron chi connectivity index (χ1n) is 5.99. The van der Waals surface area contributed by atoms with Crippen LogP contribution >= 0.6 is 23.2 Å². The van der Waals surface area contributed by atoms with Crippen LogP contribution in [0.5, 0.6) is 0 Å². The van der Waals surface area contributed by atoms with Crippen molar-refractivity contribution in [2.75, 3.05) is 7.11 Å². The number of ether oxygens (including phenoxy) is 1. The molecule has 0 aliphatic heterocycles. The van der Waals surface area contributed by atoms with Crippen molar-refractivity contribution >= 4 is 29.2 Å². The van der Waals surface area contributed by atoms with Crippen LogP contribution in [0.1, 0.15) is 21.5 Å². The standard InChI is InChI=1S/C14H10Cl2F3NO2/c1-6-5-20-12(10(6)13(21)22-2)11-8(15)3-7(4-9(11)16)14(17,18)19/h3-5,20H,1-2H3. The van der Waals surface area contributed by atoms with E-state index in [2.05, 4.69) is 9.72 Å². The highest BCUT2D eigenvalue weighted by atomic mass is 35.5. The Labute approximate surface area is 134 Å². The molecule has 2 rings (SSSR count). The maximum Gasteiger partial charge on any atom is 0.416 e. The first-order chi connectivity index (χ1) is 10.2. The van der Waals surface area contributed by atoms with Gasteiger partial charge in [-0.2, -0.15) is 13.2 Å². The first kappa shape index (κ1) is 16.7. The molecule has 3 nitrogen and oxygen atoms in total. The highest BCUT2D eigenvalue weighted by Gasteiger charge is 2.33. The monoisotopic (exact) mass is 351 g/mol. The minimum Gasteiger partial charge on any atom is -0.465 e. The van der Waals surface area contributed by atoms with Gasteiger partial charge in [0, 0.05) is 11.8 Å². The lowest BCUT2D eigenvalue weighted by Gasteiger charge is -2.12. The van der Waals surface area contributed by atoms with E-state index in [4.69, 9.17) is 23.2 Å². The summed E-state index contributed by atoms with van der Waals surface area (Å²) in [6, 6.07) is 1.53. The second-order valence-electron chi connectivity index (χ2n) is 4.53. The molecule has 1 heterocycles. The lowest BCUT2D eigenvalue weighted by molar-refractivity contribution is -0.137. The zero-order valence-corrected chi connectivity index (χ0v) is 13.0. The number of aromatic amines is 1. The topological polar surface area (TPSA) is 42.1 Å². The van der Waals surface area contributed by atoms with Crippen LogP contribution in [-0.4, -0.2) is 18.1 Å². The maximum atomic E-state index is 12.7. The molecular weight excluding hydrogens is 342 g/mol. The summed E-state index contributed by atoms with van der Waals surface area (Å²) in [7, 11) is 1.20. The van der Waals surface area contributed by atoms with Crippen LogP contribution in [-0.2, 0) is 10.9 Å². The SMILES string of the molecule is COC(=O)c1c(C)c[nH]c1-c1c(Cl)cc(C(F)(F)F)cc1Cl. The van der Waals surface area contributed by atoms with Crippen LogP contribution in [0.2, 0.25) is 10.0 Å². The summed E-state index contributed by atoms with van der Waals surface area (Å²) in [5.41, 5.74) is 0.104. The van der Waals surface area contributed by atoms with Gasteiger partial charge in [0.15, 0.2) is 0 Å². The average Bonchev–Trinajstić information content (AvgIpc) is 2.78. The molecule has 0 unspecified atom stereocenters. The molecule has 0 aliphatic carbocycles. The molecule has 0 saturated heterocycles. The summed E-state index contributed by atoms with van der Waals surface area (Å²) in [6.07, 6.45) is -3.05. The number of esters is 1. The molecule has 0 aliphatic rings. The molecule has 2 aromatic rings. The van der Waals surface area contributed by atoms with E-state index in [9.17, 15) is 18.0 Å². The van der Waals surface area contributed by atoms with Crippen LogP contribution in [0.15, 0.2) is 18.3 Å². The van der Waals surface area contributed by atoms with Crippen molar-refractivity contribution in [3.8, 4) is 11.3 Å². The number of rotatable bonds is 2. The van der Waals surface area contributed by atoms with Gasteiger partial charge in [0.2, 0.25) is 0 Å². The van der Waals surface area contributed by atoms with Gasteiger partial charge in [-0.3, -0.25) is 0 Å². The highest BCUT2D eigenvalue weighted by molar-refractivity contribution is 6.39. The number of nitrogens with one attached hydrogen (secondary N) is 1. The lowest BCUT2D eigenvalue weighted by atomic mass is 10.0. The van der Waals surface area contributed by atoms with Crippen molar-refractivity contribution in [3.63, 3.8) is 0 Å². The fourth-order valence-corrected chi connectivity index (χ4v) is 2.74. The Balaban J connectivity index is 2.68.